The number of halogens is 1. The van der Waals surface area contributed by atoms with Crippen molar-refractivity contribution in [2.24, 2.45) is 4.99 Å². The van der Waals surface area contributed by atoms with Crippen molar-refractivity contribution in [3.8, 4) is 0 Å². The van der Waals surface area contributed by atoms with E-state index in [1.807, 2.05) is 24.3 Å². The van der Waals surface area contributed by atoms with Crippen LogP contribution in [0.3, 0.4) is 0 Å². The van der Waals surface area contributed by atoms with E-state index in [1.54, 1.807) is 0 Å². The highest BCUT2D eigenvalue weighted by Gasteiger charge is 2.12. The average molecular weight is 267 g/mol. The van der Waals surface area contributed by atoms with Crippen molar-refractivity contribution in [1.29, 1.82) is 0 Å². The highest BCUT2D eigenvalue weighted by Crippen LogP contribution is 2.13. The van der Waals surface area contributed by atoms with Gasteiger partial charge < -0.3 is 5.32 Å². The molecule has 0 aliphatic carbocycles. The van der Waals surface area contributed by atoms with E-state index in [-0.39, 0.29) is 5.78 Å². The number of benzene rings is 1. The maximum atomic E-state index is 11.8. The van der Waals surface area contributed by atoms with Gasteiger partial charge in [0.2, 0.25) is 0 Å². The molecule has 1 aliphatic rings. The quantitative estimate of drug-likeness (QED) is 0.851. The Hall–Kier alpha value is -1.16. The number of ketones is 1. The van der Waals surface area contributed by atoms with Crippen molar-refractivity contribution in [2.75, 3.05) is 13.1 Å². The molecule has 1 aromatic carbocycles. The van der Waals surface area contributed by atoms with Gasteiger partial charge in [0.1, 0.15) is 5.84 Å². The first-order valence-corrected chi connectivity index (χ1v) is 5.61. The summed E-state index contributed by atoms with van der Waals surface area (Å²) in [6.07, 6.45) is 0.371. The second-order valence-electron chi connectivity index (χ2n) is 3.37. The zero-order valence-corrected chi connectivity index (χ0v) is 9.75. The van der Waals surface area contributed by atoms with E-state index < -0.39 is 0 Å². The number of carbonyl (C=O) groups is 1. The highest BCUT2D eigenvalue weighted by molar-refractivity contribution is 9.10. The van der Waals surface area contributed by atoms with Crippen LogP contribution in [0.4, 0.5) is 0 Å². The summed E-state index contributed by atoms with van der Waals surface area (Å²) in [7, 11) is 0. The lowest BCUT2D eigenvalue weighted by atomic mass is 10.1. The Kier molecular flexibility index (Phi) is 3.16. The van der Waals surface area contributed by atoms with Gasteiger partial charge in [-0.15, -0.1) is 0 Å². The van der Waals surface area contributed by atoms with Crippen LogP contribution in [-0.2, 0) is 0 Å². The Bertz CT molecular complexity index is 415. The third-order valence-corrected chi connectivity index (χ3v) is 2.71. The Morgan fingerprint density at radius 1 is 1.53 bits per heavy atom. The zero-order valence-electron chi connectivity index (χ0n) is 8.16. The molecular formula is C11H11BrN2O. The van der Waals surface area contributed by atoms with Crippen LogP contribution in [0, 0.1) is 0 Å². The van der Waals surface area contributed by atoms with Gasteiger partial charge >= 0.3 is 0 Å². The maximum Gasteiger partial charge on any atom is 0.170 e. The SMILES string of the molecule is O=C(CC1=NCCN1)c1cccc(Br)c1. The number of rotatable bonds is 3. The molecule has 0 amide bonds. The second-order valence-corrected chi connectivity index (χ2v) is 4.28. The van der Waals surface area contributed by atoms with Gasteiger partial charge in [-0.3, -0.25) is 9.79 Å². The van der Waals surface area contributed by atoms with Crippen LogP contribution in [0.2, 0.25) is 0 Å². The summed E-state index contributed by atoms with van der Waals surface area (Å²) >= 11 is 3.35. The largest absolute Gasteiger partial charge is 0.372 e. The average Bonchev–Trinajstić information content (AvgIpc) is 2.70. The molecule has 0 spiro atoms. The van der Waals surface area contributed by atoms with Crippen molar-refractivity contribution in [2.45, 2.75) is 6.42 Å². The van der Waals surface area contributed by atoms with Crippen LogP contribution in [0.1, 0.15) is 16.8 Å². The summed E-state index contributed by atoms with van der Waals surface area (Å²) in [5.74, 6) is 0.907. The summed E-state index contributed by atoms with van der Waals surface area (Å²) in [6, 6.07) is 7.42. The van der Waals surface area contributed by atoms with Crippen molar-refractivity contribution >= 4 is 27.5 Å². The van der Waals surface area contributed by atoms with Gasteiger partial charge in [-0.2, -0.15) is 0 Å². The Labute approximate surface area is 96.7 Å². The van der Waals surface area contributed by atoms with E-state index in [0.717, 1.165) is 29.0 Å². The minimum Gasteiger partial charge on any atom is -0.372 e. The molecule has 0 unspecified atom stereocenters. The molecule has 0 bridgehead atoms. The highest BCUT2D eigenvalue weighted by atomic mass is 79.9. The predicted molar refractivity (Wildman–Crippen MR) is 63.4 cm³/mol. The van der Waals surface area contributed by atoms with Crippen molar-refractivity contribution < 1.29 is 4.79 Å². The van der Waals surface area contributed by atoms with E-state index in [1.165, 1.54) is 0 Å². The fourth-order valence-corrected chi connectivity index (χ4v) is 1.88. The van der Waals surface area contributed by atoms with E-state index in [2.05, 4.69) is 26.2 Å². The lowest BCUT2D eigenvalue weighted by molar-refractivity contribution is 0.1000. The van der Waals surface area contributed by atoms with Gasteiger partial charge in [0.15, 0.2) is 5.78 Å². The van der Waals surface area contributed by atoms with Crippen molar-refractivity contribution in [3.05, 3.63) is 34.3 Å². The van der Waals surface area contributed by atoms with Gasteiger partial charge in [0, 0.05) is 16.6 Å². The molecule has 0 atom stereocenters. The van der Waals surface area contributed by atoms with E-state index in [9.17, 15) is 4.79 Å². The number of hydrogen-bond acceptors (Lipinski definition) is 3. The number of amidine groups is 1. The van der Waals surface area contributed by atoms with Gasteiger partial charge in [0.05, 0.1) is 13.0 Å². The fourth-order valence-electron chi connectivity index (χ4n) is 1.48. The molecule has 2 rings (SSSR count). The molecule has 1 aromatic rings. The first kappa shape index (κ1) is 10.4. The minimum absolute atomic E-state index is 0.101. The maximum absolute atomic E-state index is 11.8. The fraction of sp³-hybridized carbons (Fsp3) is 0.273. The van der Waals surface area contributed by atoms with Crippen LogP contribution < -0.4 is 5.32 Å². The van der Waals surface area contributed by atoms with Gasteiger partial charge in [-0.1, -0.05) is 28.1 Å². The normalized spacial score (nSPS) is 14.6. The monoisotopic (exact) mass is 266 g/mol. The van der Waals surface area contributed by atoms with Gasteiger partial charge in [-0.05, 0) is 12.1 Å². The van der Waals surface area contributed by atoms with Gasteiger partial charge in [0.25, 0.3) is 0 Å². The van der Waals surface area contributed by atoms with Gasteiger partial charge in [-0.25, -0.2) is 0 Å². The smallest absolute Gasteiger partial charge is 0.170 e. The molecule has 78 valence electrons. The first-order valence-electron chi connectivity index (χ1n) is 4.81. The van der Waals surface area contributed by atoms with E-state index in [4.69, 9.17) is 0 Å². The zero-order chi connectivity index (χ0) is 10.7. The number of Topliss-reactive ketones (excluding diaryl/α,β-unsaturated/α-hetero) is 1. The third kappa shape index (κ3) is 2.65. The molecule has 1 N–H and O–H groups in total. The number of nitrogens with zero attached hydrogens (tertiary/aromatic N) is 1. The summed E-state index contributed by atoms with van der Waals surface area (Å²) in [4.78, 5) is 16.0. The van der Waals surface area contributed by atoms with Crippen LogP contribution in [-0.4, -0.2) is 24.7 Å². The minimum atomic E-state index is 0.101. The predicted octanol–water partition coefficient (Wildman–Crippen LogP) is 2.02. The number of aliphatic imine (C=N–C) groups is 1. The van der Waals surface area contributed by atoms with Crippen molar-refractivity contribution in [3.63, 3.8) is 0 Å². The molecule has 3 nitrogen and oxygen atoms in total. The number of carbonyl (C=O) groups excluding carboxylic acids is 1. The molecular weight excluding hydrogens is 256 g/mol. The van der Waals surface area contributed by atoms with Crippen LogP contribution in [0.15, 0.2) is 33.7 Å². The first-order chi connectivity index (χ1) is 7.25. The van der Waals surface area contributed by atoms with E-state index >= 15 is 0 Å². The summed E-state index contributed by atoms with van der Waals surface area (Å²) in [6.45, 7) is 1.63. The Balaban J connectivity index is 2.07. The molecule has 0 saturated heterocycles. The lowest BCUT2D eigenvalue weighted by Crippen LogP contribution is -2.21. The number of nitrogens with one attached hydrogen (secondary N) is 1. The second kappa shape index (κ2) is 4.57. The van der Waals surface area contributed by atoms with E-state index in [0.29, 0.717) is 6.42 Å². The molecule has 0 aromatic heterocycles. The number of hydrogen-bond donors (Lipinski definition) is 1. The van der Waals surface area contributed by atoms with Crippen LogP contribution in [0.5, 0.6) is 0 Å². The van der Waals surface area contributed by atoms with Crippen LogP contribution >= 0.6 is 15.9 Å². The summed E-state index contributed by atoms with van der Waals surface area (Å²) in [5, 5.41) is 3.09. The summed E-state index contributed by atoms with van der Waals surface area (Å²) < 4.78 is 0.926. The molecule has 1 heterocycles. The molecule has 1 aliphatic heterocycles. The standard InChI is InChI=1S/C11H11BrN2O/c12-9-3-1-2-8(6-9)10(15)7-11-13-4-5-14-11/h1-3,6H,4-5,7H2,(H,13,14). The van der Waals surface area contributed by atoms with Crippen LogP contribution in [0.25, 0.3) is 0 Å². The topological polar surface area (TPSA) is 41.5 Å². The Morgan fingerprint density at radius 3 is 3.07 bits per heavy atom. The summed E-state index contributed by atoms with van der Waals surface area (Å²) in [5.41, 5.74) is 0.723. The molecule has 15 heavy (non-hydrogen) atoms. The molecule has 0 saturated carbocycles. The third-order valence-electron chi connectivity index (χ3n) is 2.22. The van der Waals surface area contributed by atoms with Crippen molar-refractivity contribution in [1.82, 2.24) is 5.32 Å². The molecule has 0 fully saturated rings. The lowest BCUT2D eigenvalue weighted by Gasteiger charge is -2.02. The molecule has 4 heteroatoms. The Morgan fingerprint density at radius 2 is 2.40 bits per heavy atom. The molecule has 0 radical (unpaired) electrons.